The summed E-state index contributed by atoms with van der Waals surface area (Å²) in [5.74, 6) is -0.110. The normalized spacial score (nSPS) is 9.72. The van der Waals surface area contributed by atoms with Gasteiger partial charge in [0.05, 0.1) is 11.6 Å². The van der Waals surface area contributed by atoms with Gasteiger partial charge in [-0.15, -0.1) is 0 Å². The van der Waals surface area contributed by atoms with Crippen LogP contribution in [0.5, 0.6) is 0 Å². The van der Waals surface area contributed by atoms with Gasteiger partial charge in [0.15, 0.2) is 0 Å². The largest absolute Gasteiger partial charge is 0.350 e. The van der Waals surface area contributed by atoms with E-state index in [-0.39, 0.29) is 12.5 Å². The lowest BCUT2D eigenvalue weighted by molar-refractivity contribution is -0.122. The molecule has 1 aromatic heterocycles. The van der Waals surface area contributed by atoms with Gasteiger partial charge in [0.1, 0.15) is 6.54 Å². The summed E-state index contributed by atoms with van der Waals surface area (Å²) in [6, 6.07) is 11.0. The molecule has 1 amide bonds. The third kappa shape index (κ3) is 3.19. The molecule has 1 aromatic carbocycles. The summed E-state index contributed by atoms with van der Waals surface area (Å²) in [6.45, 7) is 0.612. The molecule has 18 heavy (non-hydrogen) atoms. The summed E-state index contributed by atoms with van der Waals surface area (Å²) in [5.41, 5.74) is 1.50. The van der Waals surface area contributed by atoms with Crippen molar-refractivity contribution in [3.8, 4) is 6.07 Å². The van der Waals surface area contributed by atoms with Crippen LogP contribution in [0.25, 0.3) is 0 Å². The molecule has 5 heteroatoms. The van der Waals surface area contributed by atoms with Crippen molar-refractivity contribution < 1.29 is 4.79 Å². The van der Waals surface area contributed by atoms with Crippen LogP contribution in [0.15, 0.2) is 42.7 Å². The molecule has 0 fully saturated rings. The summed E-state index contributed by atoms with van der Waals surface area (Å²) in [7, 11) is 0. The van der Waals surface area contributed by atoms with Gasteiger partial charge >= 0.3 is 0 Å². The van der Waals surface area contributed by atoms with Crippen LogP contribution in [0.3, 0.4) is 0 Å². The first-order valence-electron chi connectivity index (χ1n) is 5.51. The van der Waals surface area contributed by atoms with Crippen molar-refractivity contribution >= 4 is 5.91 Å². The first kappa shape index (κ1) is 11.9. The first-order chi connectivity index (χ1) is 8.78. The van der Waals surface area contributed by atoms with Gasteiger partial charge in [0.25, 0.3) is 0 Å². The minimum atomic E-state index is -0.110. The minimum absolute atomic E-state index is 0.110. The van der Waals surface area contributed by atoms with Gasteiger partial charge in [0.2, 0.25) is 5.91 Å². The summed E-state index contributed by atoms with van der Waals surface area (Å²) >= 11 is 0. The third-order valence-electron chi connectivity index (χ3n) is 2.41. The lowest BCUT2D eigenvalue weighted by Gasteiger charge is -2.05. The van der Waals surface area contributed by atoms with Gasteiger partial charge < -0.3 is 5.32 Å². The van der Waals surface area contributed by atoms with Crippen LogP contribution >= 0.6 is 0 Å². The van der Waals surface area contributed by atoms with Crippen molar-refractivity contribution in [1.82, 2.24) is 15.1 Å². The van der Waals surface area contributed by atoms with E-state index < -0.39 is 0 Å². The van der Waals surface area contributed by atoms with Crippen molar-refractivity contribution in [3.63, 3.8) is 0 Å². The second-order valence-corrected chi connectivity index (χ2v) is 3.79. The summed E-state index contributed by atoms with van der Waals surface area (Å²) in [5, 5.41) is 15.5. The molecule has 0 saturated heterocycles. The summed E-state index contributed by atoms with van der Waals surface area (Å²) in [4.78, 5) is 11.6. The molecule has 0 saturated carbocycles. The maximum atomic E-state index is 11.6. The van der Waals surface area contributed by atoms with E-state index >= 15 is 0 Å². The molecule has 0 radical (unpaired) electrons. The molecule has 90 valence electrons. The molecule has 0 spiro atoms. The molecule has 0 aliphatic rings. The Hall–Kier alpha value is -2.61. The number of nitrogens with zero attached hydrogens (tertiary/aromatic N) is 3. The van der Waals surface area contributed by atoms with E-state index in [1.54, 1.807) is 41.3 Å². The van der Waals surface area contributed by atoms with E-state index in [9.17, 15) is 4.79 Å². The fourth-order valence-electron chi connectivity index (χ4n) is 1.55. The van der Waals surface area contributed by atoms with Crippen LogP contribution < -0.4 is 5.32 Å². The van der Waals surface area contributed by atoms with Crippen LogP contribution in [-0.2, 0) is 17.9 Å². The van der Waals surface area contributed by atoms with E-state index in [1.807, 2.05) is 6.07 Å². The molecule has 0 aliphatic heterocycles. The Bertz CT molecular complexity index is 569. The molecule has 2 rings (SSSR count). The Morgan fingerprint density at radius 2 is 2.33 bits per heavy atom. The smallest absolute Gasteiger partial charge is 0.241 e. The number of hydrogen-bond donors (Lipinski definition) is 1. The Morgan fingerprint density at radius 1 is 1.44 bits per heavy atom. The molecule has 5 nitrogen and oxygen atoms in total. The fourth-order valence-corrected chi connectivity index (χ4v) is 1.55. The van der Waals surface area contributed by atoms with E-state index in [0.29, 0.717) is 12.1 Å². The van der Waals surface area contributed by atoms with E-state index in [1.165, 1.54) is 0 Å². The molecule has 0 aliphatic carbocycles. The maximum Gasteiger partial charge on any atom is 0.241 e. The van der Waals surface area contributed by atoms with Crippen molar-refractivity contribution in [3.05, 3.63) is 53.9 Å². The third-order valence-corrected chi connectivity index (χ3v) is 2.41. The first-order valence-corrected chi connectivity index (χ1v) is 5.51. The average molecular weight is 240 g/mol. The maximum absolute atomic E-state index is 11.6. The zero-order chi connectivity index (χ0) is 12.8. The van der Waals surface area contributed by atoms with Crippen molar-refractivity contribution in [2.75, 3.05) is 0 Å². The molecule has 0 atom stereocenters. The van der Waals surface area contributed by atoms with Gasteiger partial charge in [-0.1, -0.05) is 12.1 Å². The number of carbonyl (C=O) groups is 1. The topological polar surface area (TPSA) is 70.7 Å². The molecular formula is C13H12N4O. The monoisotopic (exact) mass is 240 g/mol. The number of nitrogens with one attached hydrogen (secondary N) is 1. The Morgan fingerprint density at radius 3 is 3.06 bits per heavy atom. The zero-order valence-corrected chi connectivity index (χ0v) is 9.71. The second-order valence-electron chi connectivity index (χ2n) is 3.79. The average Bonchev–Trinajstić information content (AvgIpc) is 2.89. The molecular weight excluding hydrogens is 228 g/mol. The highest BCUT2D eigenvalue weighted by Gasteiger charge is 2.02. The number of rotatable bonds is 4. The highest BCUT2D eigenvalue weighted by Crippen LogP contribution is 2.03. The number of aromatic nitrogens is 2. The highest BCUT2D eigenvalue weighted by atomic mass is 16.2. The fraction of sp³-hybridized carbons (Fsp3) is 0.154. The van der Waals surface area contributed by atoms with Crippen LogP contribution in [0.1, 0.15) is 11.1 Å². The van der Waals surface area contributed by atoms with Crippen LogP contribution in [0.2, 0.25) is 0 Å². The van der Waals surface area contributed by atoms with E-state index in [0.717, 1.165) is 5.56 Å². The number of carbonyl (C=O) groups excluding carboxylic acids is 1. The van der Waals surface area contributed by atoms with Crippen molar-refractivity contribution in [2.45, 2.75) is 13.1 Å². The number of hydrogen-bond acceptors (Lipinski definition) is 3. The second kappa shape index (κ2) is 5.64. The lowest BCUT2D eigenvalue weighted by atomic mass is 10.1. The molecule has 1 N–H and O–H groups in total. The van der Waals surface area contributed by atoms with E-state index in [4.69, 9.17) is 5.26 Å². The predicted octanol–water partition coefficient (Wildman–Crippen LogP) is 1.07. The van der Waals surface area contributed by atoms with Crippen molar-refractivity contribution in [2.24, 2.45) is 0 Å². The number of nitriles is 1. The van der Waals surface area contributed by atoms with Crippen LogP contribution in [0.4, 0.5) is 0 Å². The Labute approximate surface area is 105 Å². The standard InChI is InChI=1S/C13H12N4O/c14-8-11-3-1-4-12(7-11)9-15-13(18)10-17-6-2-5-16-17/h1-7H,9-10H2,(H,15,18). The highest BCUT2D eigenvalue weighted by molar-refractivity contribution is 5.75. The van der Waals surface area contributed by atoms with Gasteiger partial charge in [-0.05, 0) is 23.8 Å². The molecule has 0 bridgehead atoms. The van der Waals surface area contributed by atoms with Crippen LogP contribution in [-0.4, -0.2) is 15.7 Å². The minimum Gasteiger partial charge on any atom is -0.350 e. The van der Waals surface area contributed by atoms with Gasteiger partial charge in [0, 0.05) is 18.9 Å². The zero-order valence-electron chi connectivity index (χ0n) is 9.71. The number of amides is 1. The van der Waals surface area contributed by atoms with Crippen LogP contribution in [0, 0.1) is 11.3 Å². The quantitative estimate of drug-likeness (QED) is 0.869. The van der Waals surface area contributed by atoms with Gasteiger partial charge in [-0.2, -0.15) is 10.4 Å². The molecule has 1 heterocycles. The Balaban J connectivity index is 1.87. The van der Waals surface area contributed by atoms with E-state index in [2.05, 4.69) is 16.5 Å². The van der Waals surface area contributed by atoms with Gasteiger partial charge in [-0.25, -0.2) is 0 Å². The molecule has 0 unspecified atom stereocenters. The summed E-state index contributed by atoms with van der Waals surface area (Å²) in [6.07, 6.45) is 3.36. The Kier molecular flexibility index (Phi) is 3.72. The van der Waals surface area contributed by atoms with Crippen molar-refractivity contribution in [1.29, 1.82) is 5.26 Å². The summed E-state index contributed by atoms with van der Waals surface area (Å²) < 4.78 is 1.56. The lowest BCUT2D eigenvalue weighted by Crippen LogP contribution is -2.27. The predicted molar refractivity (Wildman–Crippen MR) is 65.2 cm³/mol. The SMILES string of the molecule is N#Cc1cccc(CNC(=O)Cn2cccn2)c1. The molecule has 2 aromatic rings. The number of benzene rings is 1. The van der Waals surface area contributed by atoms with Gasteiger partial charge in [-0.3, -0.25) is 9.48 Å².